The SMILES string of the molecule is COC(=O)c1ccc(-c2cnn(-c3nc(-c4ccsc4)c4cc(OC)c(OC)cc4n3)c2)cc1. The normalized spacial score (nSPS) is 10.9. The molecule has 0 atom stereocenters. The van der Waals surface area contributed by atoms with Crippen molar-refractivity contribution in [2.24, 2.45) is 0 Å². The standard InChI is InChI=1S/C25H20N4O4S/c1-31-21-10-19-20(11-22(21)32-2)27-25(28-23(19)17-8-9-34-14-17)29-13-18(12-26-29)15-4-6-16(7-5-15)24(30)33-3/h4-14H,1-3H3. The van der Waals surface area contributed by atoms with Gasteiger partial charge in [0, 0.05) is 34.2 Å². The summed E-state index contributed by atoms with van der Waals surface area (Å²) in [6.45, 7) is 0. The van der Waals surface area contributed by atoms with E-state index in [1.807, 2.05) is 47.3 Å². The van der Waals surface area contributed by atoms with E-state index in [0.29, 0.717) is 28.5 Å². The molecule has 0 spiro atoms. The minimum atomic E-state index is -0.375. The van der Waals surface area contributed by atoms with Gasteiger partial charge in [0.05, 0.1) is 44.3 Å². The molecule has 2 aromatic carbocycles. The molecule has 0 radical (unpaired) electrons. The van der Waals surface area contributed by atoms with Crippen molar-refractivity contribution in [3.63, 3.8) is 0 Å². The van der Waals surface area contributed by atoms with Crippen LogP contribution < -0.4 is 9.47 Å². The van der Waals surface area contributed by atoms with Crippen LogP contribution in [0.15, 0.2) is 65.6 Å². The third-order valence-corrected chi connectivity index (χ3v) is 6.09. The van der Waals surface area contributed by atoms with Gasteiger partial charge < -0.3 is 14.2 Å². The highest BCUT2D eigenvalue weighted by Crippen LogP contribution is 2.36. The van der Waals surface area contributed by atoms with Crippen LogP contribution in [-0.2, 0) is 4.74 Å². The van der Waals surface area contributed by atoms with Crippen molar-refractivity contribution in [1.29, 1.82) is 0 Å². The number of thiophene rings is 1. The zero-order valence-corrected chi connectivity index (χ0v) is 19.5. The van der Waals surface area contributed by atoms with Crippen LogP contribution in [0.3, 0.4) is 0 Å². The Balaban J connectivity index is 1.60. The number of hydrogen-bond donors (Lipinski definition) is 0. The molecule has 5 rings (SSSR count). The van der Waals surface area contributed by atoms with Crippen LogP contribution in [0.1, 0.15) is 10.4 Å². The summed E-state index contributed by atoms with van der Waals surface area (Å²) in [6, 6.07) is 12.9. The highest BCUT2D eigenvalue weighted by atomic mass is 32.1. The van der Waals surface area contributed by atoms with Gasteiger partial charge in [0.25, 0.3) is 5.95 Å². The Kier molecular flexibility index (Phi) is 5.69. The van der Waals surface area contributed by atoms with Gasteiger partial charge in [-0.15, -0.1) is 0 Å². The topological polar surface area (TPSA) is 88.4 Å². The zero-order valence-electron chi connectivity index (χ0n) is 18.7. The largest absolute Gasteiger partial charge is 0.493 e. The number of esters is 1. The molecule has 0 saturated heterocycles. The summed E-state index contributed by atoms with van der Waals surface area (Å²) in [7, 11) is 4.56. The number of aromatic nitrogens is 4. The van der Waals surface area contributed by atoms with E-state index in [9.17, 15) is 4.79 Å². The molecule has 170 valence electrons. The van der Waals surface area contributed by atoms with Crippen LogP contribution in [-0.4, -0.2) is 47.0 Å². The van der Waals surface area contributed by atoms with Crippen molar-refractivity contribution >= 4 is 28.2 Å². The molecule has 3 aromatic heterocycles. The van der Waals surface area contributed by atoms with Crippen LogP contribution >= 0.6 is 11.3 Å². The maximum Gasteiger partial charge on any atom is 0.337 e. The second-order valence-corrected chi connectivity index (χ2v) is 8.13. The molecule has 0 aliphatic heterocycles. The van der Waals surface area contributed by atoms with Gasteiger partial charge in [0.15, 0.2) is 11.5 Å². The second-order valence-electron chi connectivity index (χ2n) is 7.35. The van der Waals surface area contributed by atoms with E-state index in [1.54, 1.807) is 48.6 Å². The summed E-state index contributed by atoms with van der Waals surface area (Å²) in [5.41, 5.74) is 4.73. The van der Waals surface area contributed by atoms with E-state index in [2.05, 4.69) is 5.10 Å². The Labute approximate surface area is 199 Å². The number of fused-ring (bicyclic) bond motifs is 1. The molecule has 0 unspecified atom stereocenters. The molecular formula is C25H20N4O4S. The number of rotatable bonds is 6. The van der Waals surface area contributed by atoms with Gasteiger partial charge in [-0.05, 0) is 35.2 Å². The molecule has 3 heterocycles. The van der Waals surface area contributed by atoms with Gasteiger partial charge in [0.1, 0.15) is 0 Å². The first kappa shape index (κ1) is 21.6. The van der Waals surface area contributed by atoms with E-state index in [4.69, 9.17) is 24.2 Å². The number of methoxy groups -OCH3 is 3. The van der Waals surface area contributed by atoms with Crippen molar-refractivity contribution in [3.8, 4) is 39.8 Å². The summed E-state index contributed by atoms with van der Waals surface area (Å²) in [5, 5.41) is 9.39. The third kappa shape index (κ3) is 3.86. The van der Waals surface area contributed by atoms with E-state index in [0.717, 1.165) is 27.8 Å². The van der Waals surface area contributed by atoms with Crippen molar-refractivity contribution in [2.45, 2.75) is 0 Å². The summed E-state index contributed by atoms with van der Waals surface area (Å²) >= 11 is 1.60. The second kappa shape index (κ2) is 8.95. The lowest BCUT2D eigenvalue weighted by Gasteiger charge is -2.12. The fourth-order valence-electron chi connectivity index (χ4n) is 3.66. The predicted molar refractivity (Wildman–Crippen MR) is 130 cm³/mol. The number of nitrogens with zero attached hydrogens (tertiary/aromatic N) is 4. The molecule has 9 heteroatoms. The molecule has 0 N–H and O–H groups in total. The Hall–Kier alpha value is -4.24. The van der Waals surface area contributed by atoms with Gasteiger partial charge in [0.2, 0.25) is 0 Å². The first-order chi connectivity index (χ1) is 16.6. The molecule has 5 aromatic rings. The predicted octanol–water partition coefficient (Wildman–Crippen LogP) is 5.01. The number of ether oxygens (including phenoxy) is 3. The van der Waals surface area contributed by atoms with E-state index >= 15 is 0 Å². The summed E-state index contributed by atoms with van der Waals surface area (Å²) in [6.07, 6.45) is 3.59. The van der Waals surface area contributed by atoms with E-state index in [1.165, 1.54) is 7.11 Å². The van der Waals surface area contributed by atoms with E-state index < -0.39 is 0 Å². The van der Waals surface area contributed by atoms with Crippen LogP contribution in [0.4, 0.5) is 0 Å². The minimum Gasteiger partial charge on any atom is -0.493 e. The summed E-state index contributed by atoms with van der Waals surface area (Å²) < 4.78 is 17.4. The maximum absolute atomic E-state index is 11.7. The molecule has 0 bridgehead atoms. The minimum absolute atomic E-state index is 0.375. The molecule has 0 saturated carbocycles. The number of carbonyl (C=O) groups is 1. The Morgan fingerprint density at radius 2 is 1.68 bits per heavy atom. The highest BCUT2D eigenvalue weighted by Gasteiger charge is 2.16. The molecule has 0 aliphatic rings. The first-order valence-electron chi connectivity index (χ1n) is 10.3. The van der Waals surface area contributed by atoms with Crippen molar-refractivity contribution in [3.05, 3.63) is 71.2 Å². The smallest absolute Gasteiger partial charge is 0.337 e. The van der Waals surface area contributed by atoms with Gasteiger partial charge >= 0.3 is 5.97 Å². The molecule has 0 aliphatic carbocycles. The fourth-order valence-corrected chi connectivity index (χ4v) is 4.30. The summed E-state index contributed by atoms with van der Waals surface area (Å²) in [5.74, 6) is 1.25. The van der Waals surface area contributed by atoms with Crippen LogP contribution in [0, 0.1) is 0 Å². The molecule has 0 fully saturated rings. The van der Waals surface area contributed by atoms with Crippen LogP contribution in [0.25, 0.3) is 39.2 Å². The molecule has 0 amide bonds. The quantitative estimate of drug-likeness (QED) is 0.321. The lowest BCUT2D eigenvalue weighted by molar-refractivity contribution is 0.0600. The van der Waals surface area contributed by atoms with Crippen LogP contribution in [0.5, 0.6) is 11.5 Å². The molecular weight excluding hydrogens is 452 g/mol. The monoisotopic (exact) mass is 472 g/mol. The Morgan fingerprint density at radius 1 is 0.912 bits per heavy atom. The fraction of sp³-hybridized carbons (Fsp3) is 0.120. The lowest BCUT2D eigenvalue weighted by atomic mass is 10.1. The van der Waals surface area contributed by atoms with Gasteiger partial charge in [-0.25, -0.2) is 19.4 Å². The van der Waals surface area contributed by atoms with Crippen molar-refractivity contribution < 1.29 is 19.0 Å². The number of benzene rings is 2. The highest BCUT2D eigenvalue weighted by molar-refractivity contribution is 7.08. The van der Waals surface area contributed by atoms with E-state index in [-0.39, 0.29) is 5.97 Å². The maximum atomic E-state index is 11.7. The molecule has 8 nitrogen and oxygen atoms in total. The average molecular weight is 473 g/mol. The first-order valence-corrected chi connectivity index (χ1v) is 11.3. The molecule has 34 heavy (non-hydrogen) atoms. The average Bonchev–Trinajstić information content (AvgIpc) is 3.60. The zero-order chi connectivity index (χ0) is 23.7. The van der Waals surface area contributed by atoms with Gasteiger partial charge in [-0.1, -0.05) is 12.1 Å². The van der Waals surface area contributed by atoms with Gasteiger partial charge in [-0.2, -0.15) is 16.4 Å². The lowest BCUT2D eigenvalue weighted by Crippen LogP contribution is -2.04. The third-order valence-electron chi connectivity index (χ3n) is 5.41. The van der Waals surface area contributed by atoms with Crippen molar-refractivity contribution in [2.75, 3.05) is 21.3 Å². The van der Waals surface area contributed by atoms with Crippen molar-refractivity contribution in [1.82, 2.24) is 19.7 Å². The Morgan fingerprint density at radius 3 is 2.35 bits per heavy atom. The summed E-state index contributed by atoms with van der Waals surface area (Å²) in [4.78, 5) is 21.3. The number of hydrogen-bond acceptors (Lipinski definition) is 8. The number of carbonyl (C=O) groups excluding carboxylic acids is 1. The van der Waals surface area contributed by atoms with Gasteiger partial charge in [-0.3, -0.25) is 0 Å². The van der Waals surface area contributed by atoms with Crippen LogP contribution in [0.2, 0.25) is 0 Å². The Bertz CT molecular complexity index is 1480.